The molecule has 0 aromatic carbocycles. The van der Waals surface area contributed by atoms with E-state index in [1.807, 2.05) is 11.3 Å². The molecule has 0 saturated heterocycles. The first-order valence-electron chi connectivity index (χ1n) is 8.00. The van der Waals surface area contributed by atoms with Gasteiger partial charge in [0.2, 0.25) is 0 Å². The second-order valence-electron chi connectivity index (χ2n) is 6.63. The lowest BCUT2D eigenvalue weighted by atomic mass is 9.65. The van der Waals surface area contributed by atoms with Gasteiger partial charge in [-0.2, -0.15) is 0 Å². The van der Waals surface area contributed by atoms with E-state index in [4.69, 9.17) is 0 Å². The molecule has 0 radical (unpaired) electrons. The summed E-state index contributed by atoms with van der Waals surface area (Å²) < 4.78 is 0. The van der Waals surface area contributed by atoms with Crippen LogP contribution in [0, 0.1) is 24.7 Å². The van der Waals surface area contributed by atoms with Gasteiger partial charge in [0.1, 0.15) is 0 Å². The number of thiophene rings is 1. The SMILES string of the molecule is CNC(c1csc(C)c1)C1CCC2CCCCC2C1. The predicted octanol–water partition coefficient (Wildman–Crippen LogP) is 4.92. The summed E-state index contributed by atoms with van der Waals surface area (Å²) in [5.74, 6) is 2.95. The lowest BCUT2D eigenvalue weighted by Crippen LogP contribution is -2.34. The number of nitrogens with one attached hydrogen (secondary N) is 1. The van der Waals surface area contributed by atoms with E-state index in [0.717, 1.165) is 17.8 Å². The Morgan fingerprint density at radius 3 is 2.63 bits per heavy atom. The first-order chi connectivity index (χ1) is 9.28. The molecule has 4 atom stereocenters. The van der Waals surface area contributed by atoms with Crippen LogP contribution in [0.2, 0.25) is 0 Å². The Morgan fingerprint density at radius 1 is 1.16 bits per heavy atom. The Hall–Kier alpha value is -0.340. The van der Waals surface area contributed by atoms with Crippen LogP contribution in [0.15, 0.2) is 11.4 Å². The lowest BCUT2D eigenvalue weighted by Gasteiger charge is -2.42. The highest BCUT2D eigenvalue weighted by Gasteiger charge is 2.35. The number of aryl methyl sites for hydroxylation is 1. The third kappa shape index (κ3) is 2.90. The van der Waals surface area contributed by atoms with Crippen molar-refractivity contribution in [1.82, 2.24) is 5.32 Å². The molecule has 3 rings (SSSR count). The van der Waals surface area contributed by atoms with Gasteiger partial charge in [-0.15, -0.1) is 11.3 Å². The van der Waals surface area contributed by atoms with Crippen molar-refractivity contribution in [3.05, 3.63) is 21.9 Å². The van der Waals surface area contributed by atoms with Crippen molar-refractivity contribution in [3.63, 3.8) is 0 Å². The van der Waals surface area contributed by atoms with Crippen LogP contribution in [-0.4, -0.2) is 7.05 Å². The van der Waals surface area contributed by atoms with Crippen molar-refractivity contribution < 1.29 is 0 Å². The molecule has 2 saturated carbocycles. The van der Waals surface area contributed by atoms with Gasteiger partial charge < -0.3 is 5.32 Å². The van der Waals surface area contributed by atoms with E-state index in [-0.39, 0.29) is 0 Å². The van der Waals surface area contributed by atoms with Gasteiger partial charge in [-0.1, -0.05) is 25.7 Å². The van der Waals surface area contributed by atoms with Crippen molar-refractivity contribution in [1.29, 1.82) is 0 Å². The molecular formula is C17H27NS. The summed E-state index contributed by atoms with van der Waals surface area (Å²) in [5.41, 5.74) is 1.53. The Labute approximate surface area is 121 Å². The fourth-order valence-corrected chi connectivity index (χ4v) is 5.25. The Bertz CT molecular complexity index is 411. The van der Waals surface area contributed by atoms with Gasteiger partial charge in [-0.05, 0) is 68.0 Å². The molecule has 1 aromatic rings. The normalized spacial score (nSPS) is 32.8. The van der Waals surface area contributed by atoms with Crippen molar-refractivity contribution in [2.45, 2.75) is 57.9 Å². The molecule has 2 aliphatic rings. The predicted molar refractivity (Wildman–Crippen MR) is 83.6 cm³/mol. The van der Waals surface area contributed by atoms with Crippen LogP contribution in [-0.2, 0) is 0 Å². The molecule has 2 fully saturated rings. The van der Waals surface area contributed by atoms with Crippen molar-refractivity contribution in [2.75, 3.05) is 7.05 Å². The number of hydrogen-bond donors (Lipinski definition) is 1. The van der Waals surface area contributed by atoms with Gasteiger partial charge in [-0.25, -0.2) is 0 Å². The van der Waals surface area contributed by atoms with Crippen LogP contribution >= 0.6 is 11.3 Å². The average Bonchev–Trinajstić information content (AvgIpc) is 2.86. The highest BCUT2D eigenvalue weighted by molar-refractivity contribution is 7.10. The van der Waals surface area contributed by atoms with Crippen molar-refractivity contribution in [2.24, 2.45) is 17.8 Å². The molecule has 106 valence electrons. The van der Waals surface area contributed by atoms with E-state index >= 15 is 0 Å². The van der Waals surface area contributed by atoms with Gasteiger partial charge in [0, 0.05) is 10.9 Å². The highest BCUT2D eigenvalue weighted by Crippen LogP contribution is 2.46. The summed E-state index contributed by atoms with van der Waals surface area (Å²) in [5, 5.41) is 5.97. The molecule has 0 amide bonds. The molecule has 0 bridgehead atoms. The first-order valence-corrected chi connectivity index (χ1v) is 8.88. The lowest BCUT2D eigenvalue weighted by molar-refractivity contribution is 0.111. The summed E-state index contributed by atoms with van der Waals surface area (Å²) in [4.78, 5) is 1.45. The number of rotatable bonds is 3. The van der Waals surface area contributed by atoms with Crippen LogP contribution in [0.25, 0.3) is 0 Å². The zero-order valence-corrected chi connectivity index (χ0v) is 13.1. The fraction of sp³-hybridized carbons (Fsp3) is 0.765. The molecule has 2 aliphatic carbocycles. The Morgan fingerprint density at radius 2 is 1.95 bits per heavy atom. The molecule has 1 N–H and O–H groups in total. The minimum atomic E-state index is 0.591. The minimum Gasteiger partial charge on any atom is -0.313 e. The van der Waals surface area contributed by atoms with Gasteiger partial charge in [0.25, 0.3) is 0 Å². The first kappa shape index (κ1) is 13.6. The molecule has 19 heavy (non-hydrogen) atoms. The molecule has 2 heteroatoms. The molecule has 4 unspecified atom stereocenters. The van der Waals surface area contributed by atoms with E-state index in [9.17, 15) is 0 Å². The average molecular weight is 277 g/mol. The Balaban J connectivity index is 1.70. The summed E-state index contributed by atoms with van der Waals surface area (Å²) >= 11 is 1.89. The molecule has 1 heterocycles. The third-order valence-electron chi connectivity index (χ3n) is 5.47. The van der Waals surface area contributed by atoms with E-state index in [2.05, 4.69) is 30.7 Å². The monoisotopic (exact) mass is 277 g/mol. The zero-order chi connectivity index (χ0) is 13.2. The van der Waals surface area contributed by atoms with Gasteiger partial charge in [-0.3, -0.25) is 0 Å². The van der Waals surface area contributed by atoms with E-state index < -0.39 is 0 Å². The molecule has 1 aromatic heterocycles. The topological polar surface area (TPSA) is 12.0 Å². The fourth-order valence-electron chi connectivity index (χ4n) is 4.51. The van der Waals surface area contributed by atoms with E-state index in [1.165, 1.54) is 55.4 Å². The van der Waals surface area contributed by atoms with E-state index in [0.29, 0.717) is 6.04 Å². The van der Waals surface area contributed by atoms with E-state index in [1.54, 1.807) is 0 Å². The molecule has 1 nitrogen and oxygen atoms in total. The summed E-state index contributed by atoms with van der Waals surface area (Å²) in [6, 6.07) is 2.98. The maximum absolute atomic E-state index is 3.60. The second kappa shape index (κ2) is 5.97. The standard InChI is InChI=1S/C17H27NS/c1-12-9-16(11-19-12)17(18-2)15-8-7-13-5-3-4-6-14(13)10-15/h9,11,13-15,17-18H,3-8,10H2,1-2H3. The highest BCUT2D eigenvalue weighted by atomic mass is 32.1. The van der Waals surface area contributed by atoms with Gasteiger partial charge in [0.05, 0.1) is 0 Å². The molecule has 0 aliphatic heterocycles. The second-order valence-corrected chi connectivity index (χ2v) is 7.75. The molecular weight excluding hydrogens is 250 g/mol. The van der Waals surface area contributed by atoms with Crippen molar-refractivity contribution in [3.8, 4) is 0 Å². The summed E-state index contributed by atoms with van der Waals surface area (Å²) in [6.07, 6.45) is 10.4. The maximum atomic E-state index is 3.60. The van der Waals surface area contributed by atoms with Crippen LogP contribution in [0.3, 0.4) is 0 Å². The quantitative estimate of drug-likeness (QED) is 0.826. The number of fused-ring (bicyclic) bond motifs is 1. The molecule has 0 spiro atoms. The van der Waals surface area contributed by atoms with Crippen LogP contribution in [0.1, 0.15) is 61.4 Å². The minimum absolute atomic E-state index is 0.591. The van der Waals surface area contributed by atoms with Gasteiger partial charge >= 0.3 is 0 Å². The van der Waals surface area contributed by atoms with Crippen molar-refractivity contribution >= 4 is 11.3 Å². The van der Waals surface area contributed by atoms with Crippen LogP contribution < -0.4 is 5.32 Å². The van der Waals surface area contributed by atoms with Gasteiger partial charge in [0.15, 0.2) is 0 Å². The zero-order valence-electron chi connectivity index (χ0n) is 12.3. The van der Waals surface area contributed by atoms with Crippen LogP contribution in [0.5, 0.6) is 0 Å². The summed E-state index contributed by atoms with van der Waals surface area (Å²) in [6.45, 7) is 2.22. The van der Waals surface area contributed by atoms with Crippen LogP contribution in [0.4, 0.5) is 0 Å². The maximum Gasteiger partial charge on any atom is 0.0354 e. The Kier molecular flexibility index (Phi) is 4.28. The number of hydrogen-bond acceptors (Lipinski definition) is 2. The summed E-state index contributed by atoms with van der Waals surface area (Å²) in [7, 11) is 2.14. The smallest absolute Gasteiger partial charge is 0.0354 e. The third-order valence-corrected chi connectivity index (χ3v) is 6.35. The largest absolute Gasteiger partial charge is 0.313 e.